The number of fused-ring (bicyclic) bond motifs is 1. The van der Waals surface area contributed by atoms with E-state index in [4.69, 9.17) is 5.32 Å². The van der Waals surface area contributed by atoms with Crippen LogP contribution >= 0.6 is 0 Å². The maximum absolute atomic E-state index is 4.79. The van der Waals surface area contributed by atoms with Gasteiger partial charge in [-0.1, -0.05) is 45.0 Å². The molecule has 1 aliphatic heterocycles. The van der Waals surface area contributed by atoms with Gasteiger partial charge in [0.05, 0.1) is 11.7 Å². The van der Waals surface area contributed by atoms with Gasteiger partial charge in [-0.3, -0.25) is 5.32 Å². The number of allylic oxidation sites excluding steroid dienone is 1. The molecule has 0 saturated carbocycles. The van der Waals surface area contributed by atoms with Crippen molar-refractivity contribution in [3.8, 4) is 0 Å². The molecule has 0 spiro atoms. The zero-order valence-corrected chi connectivity index (χ0v) is 9.91. The van der Waals surface area contributed by atoms with E-state index in [9.17, 15) is 0 Å². The van der Waals surface area contributed by atoms with Gasteiger partial charge in [0.1, 0.15) is 0 Å². The predicted molar refractivity (Wildman–Crippen MR) is 65.1 cm³/mol. The summed E-state index contributed by atoms with van der Waals surface area (Å²) >= 11 is 0. The molecule has 1 heteroatoms. The Kier molecular flexibility index (Phi) is 2.34. The fourth-order valence-corrected chi connectivity index (χ4v) is 1.88. The van der Waals surface area contributed by atoms with Crippen molar-refractivity contribution in [2.75, 3.05) is 0 Å². The summed E-state index contributed by atoms with van der Waals surface area (Å²) in [4.78, 5) is 0. The summed E-state index contributed by atoms with van der Waals surface area (Å²) in [6.45, 7) is 8.88. The third-order valence-corrected chi connectivity index (χ3v) is 2.90. The first-order valence-corrected chi connectivity index (χ1v) is 5.47. The van der Waals surface area contributed by atoms with Crippen LogP contribution in [-0.2, 0) is 0 Å². The first-order chi connectivity index (χ1) is 6.98. The highest BCUT2D eigenvalue weighted by Crippen LogP contribution is 2.34. The van der Waals surface area contributed by atoms with Crippen LogP contribution < -0.4 is 5.32 Å². The van der Waals surface area contributed by atoms with Gasteiger partial charge < -0.3 is 0 Å². The van der Waals surface area contributed by atoms with E-state index in [2.05, 4.69) is 58.0 Å². The summed E-state index contributed by atoms with van der Waals surface area (Å²) in [5.41, 5.74) is 3.96. The smallest absolute Gasteiger partial charge is 0.0741 e. The van der Waals surface area contributed by atoms with Crippen LogP contribution in [0.5, 0.6) is 0 Å². The lowest BCUT2D eigenvalue weighted by molar-refractivity contribution is 0.333. The van der Waals surface area contributed by atoms with Crippen LogP contribution in [0.25, 0.3) is 5.57 Å². The zero-order valence-electron chi connectivity index (χ0n) is 9.91. The molecule has 0 N–H and O–H groups in total. The summed E-state index contributed by atoms with van der Waals surface area (Å²) in [6, 6.07) is 8.67. The van der Waals surface area contributed by atoms with E-state index in [1.165, 1.54) is 11.1 Å². The number of rotatable bonds is 0. The molecule has 1 aromatic carbocycles. The van der Waals surface area contributed by atoms with Crippen LogP contribution in [0.4, 0.5) is 5.69 Å². The van der Waals surface area contributed by atoms with Crippen molar-refractivity contribution in [2.24, 2.45) is 5.41 Å². The van der Waals surface area contributed by atoms with Crippen molar-refractivity contribution in [3.05, 3.63) is 35.9 Å². The van der Waals surface area contributed by atoms with Crippen LogP contribution in [-0.4, -0.2) is 6.04 Å². The predicted octanol–water partition coefficient (Wildman–Crippen LogP) is 3.75. The molecular formula is C14H18N. The van der Waals surface area contributed by atoms with Crippen LogP contribution in [0, 0.1) is 5.41 Å². The Bertz CT molecular complexity index is 396. The van der Waals surface area contributed by atoms with Crippen molar-refractivity contribution in [3.63, 3.8) is 0 Å². The molecule has 79 valence electrons. The number of hydrogen-bond donors (Lipinski definition) is 0. The summed E-state index contributed by atoms with van der Waals surface area (Å²) in [5, 5.41) is 4.79. The van der Waals surface area contributed by atoms with Gasteiger partial charge in [-0.2, -0.15) is 0 Å². The van der Waals surface area contributed by atoms with Gasteiger partial charge in [-0.25, -0.2) is 0 Å². The molecule has 1 aliphatic rings. The number of benzene rings is 1. The van der Waals surface area contributed by atoms with Crippen molar-refractivity contribution < 1.29 is 0 Å². The van der Waals surface area contributed by atoms with E-state index in [1.807, 2.05) is 0 Å². The van der Waals surface area contributed by atoms with E-state index in [0.29, 0.717) is 6.04 Å². The molecule has 0 amide bonds. The lowest BCUT2D eigenvalue weighted by Gasteiger charge is -2.32. The average molecular weight is 200 g/mol. The molecule has 15 heavy (non-hydrogen) atoms. The third kappa shape index (κ3) is 1.92. The quantitative estimate of drug-likeness (QED) is 0.605. The van der Waals surface area contributed by atoms with Crippen molar-refractivity contribution in [2.45, 2.75) is 33.7 Å². The summed E-state index contributed by atoms with van der Waals surface area (Å²) < 4.78 is 0. The fourth-order valence-electron chi connectivity index (χ4n) is 1.88. The Hall–Kier alpha value is -1.24. The Morgan fingerprint density at radius 3 is 2.47 bits per heavy atom. The highest BCUT2D eigenvalue weighted by Gasteiger charge is 2.27. The number of para-hydroxylation sites is 1. The lowest BCUT2D eigenvalue weighted by atomic mass is 9.82. The van der Waals surface area contributed by atoms with Crippen molar-refractivity contribution in [1.29, 1.82) is 0 Å². The molecular weight excluding hydrogens is 182 g/mol. The van der Waals surface area contributed by atoms with E-state index in [-0.39, 0.29) is 5.41 Å². The van der Waals surface area contributed by atoms with Gasteiger partial charge in [0.25, 0.3) is 0 Å². The van der Waals surface area contributed by atoms with Gasteiger partial charge in [-0.15, -0.1) is 0 Å². The largest absolute Gasteiger partial charge is 0.277 e. The summed E-state index contributed by atoms with van der Waals surface area (Å²) in [6.07, 6.45) is 2.28. The molecule has 1 nitrogen and oxygen atoms in total. The summed E-state index contributed by atoms with van der Waals surface area (Å²) in [5.74, 6) is 0. The normalized spacial score (nSPS) is 20.3. The molecule has 2 rings (SSSR count). The molecule has 0 aliphatic carbocycles. The number of nitrogens with zero attached hydrogens (tertiary/aromatic N) is 1. The Morgan fingerprint density at radius 1 is 1.13 bits per heavy atom. The van der Waals surface area contributed by atoms with Gasteiger partial charge >= 0.3 is 0 Å². The van der Waals surface area contributed by atoms with Crippen molar-refractivity contribution in [1.82, 2.24) is 5.32 Å². The topological polar surface area (TPSA) is 14.1 Å². The highest BCUT2D eigenvalue weighted by molar-refractivity contribution is 5.75. The minimum atomic E-state index is 0.203. The van der Waals surface area contributed by atoms with Crippen LogP contribution in [0.15, 0.2) is 30.3 Å². The Labute approximate surface area is 92.2 Å². The fraction of sp³-hybridized carbons (Fsp3) is 0.429. The molecule has 1 heterocycles. The minimum absolute atomic E-state index is 0.203. The van der Waals surface area contributed by atoms with Crippen LogP contribution in [0.1, 0.15) is 33.3 Å². The molecule has 0 fully saturated rings. The van der Waals surface area contributed by atoms with Gasteiger partial charge in [0, 0.05) is 5.56 Å². The second-order valence-corrected chi connectivity index (χ2v) is 5.31. The third-order valence-electron chi connectivity index (χ3n) is 2.90. The van der Waals surface area contributed by atoms with Crippen LogP contribution in [0.3, 0.4) is 0 Å². The van der Waals surface area contributed by atoms with Crippen LogP contribution in [0.2, 0.25) is 0 Å². The van der Waals surface area contributed by atoms with E-state index < -0.39 is 0 Å². The molecule has 1 aromatic rings. The molecule has 1 radical (unpaired) electrons. The monoisotopic (exact) mass is 200 g/mol. The highest BCUT2D eigenvalue weighted by atomic mass is 14.9. The molecule has 0 saturated heterocycles. The van der Waals surface area contributed by atoms with E-state index in [1.54, 1.807) is 0 Å². The van der Waals surface area contributed by atoms with Gasteiger partial charge in [0.2, 0.25) is 0 Å². The Balaban J connectivity index is 2.41. The second-order valence-electron chi connectivity index (χ2n) is 5.31. The second kappa shape index (κ2) is 3.41. The van der Waals surface area contributed by atoms with E-state index >= 15 is 0 Å². The first kappa shape index (κ1) is 10.3. The maximum Gasteiger partial charge on any atom is 0.0741 e. The molecule has 0 aromatic heterocycles. The molecule has 1 unspecified atom stereocenters. The van der Waals surface area contributed by atoms with Gasteiger partial charge in [0.15, 0.2) is 0 Å². The SMILES string of the molecule is CC1=CC(C(C)(C)C)[N]c2ccccc21. The summed E-state index contributed by atoms with van der Waals surface area (Å²) in [7, 11) is 0. The first-order valence-electron chi connectivity index (χ1n) is 5.47. The zero-order chi connectivity index (χ0) is 11.1. The molecule has 1 atom stereocenters. The molecule has 0 bridgehead atoms. The average Bonchev–Trinajstić information content (AvgIpc) is 2.16. The minimum Gasteiger partial charge on any atom is -0.277 e. The standard InChI is InChI=1S/C14H18N/c1-10-9-13(14(2,3)4)15-12-8-6-5-7-11(10)12/h5-9,13H,1-4H3. The van der Waals surface area contributed by atoms with Crippen molar-refractivity contribution >= 4 is 11.3 Å². The van der Waals surface area contributed by atoms with E-state index in [0.717, 1.165) is 5.69 Å². The number of hydrogen-bond acceptors (Lipinski definition) is 0. The van der Waals surface area contributed by atoms with Gasteiger partial charge in [-0.05, 0) is 24.0 Å². The lowest BCUT2D eigenvalue weighted by Crippen LogP contribution is -2.33. The maximum atomic E-state index is 4.79. The Morgan fingerprint density at radius 2 is 1.80 bits per heavy atom.